The summed E-state index contributed by atoms with van der Waals surface area (Å²) in [5, 5.41) is 0. The number of rotatable bonds is 3. The zero-order valence-corrected chi connectivity index (χ0v) is 19.0. The fourth-order valence-electron chi connectivity index (χ4n) is 3.61. The molecule has 1 fully saturated rings. The predicted molar refractivity (Wildman–Crippen MR) is 114 cm³/mol. The van der Waals surface area contributed by atoms with E-state index >= 15 is 0 Å². The maximum atomic E-state index is 12.4. The van der Waals surface area contributed by atoms with Gasteiger partial charge in [0.1, 0.15) is 11.4 Å². The van der Waals surface area contributed by atoms with Gasteiger partial charge in [-0.3, -0.25) is 0 Å². The van der Waals surface area contributed by atoms with Crippen LogP contribution in [0.4, 0.5) is 4.79 Å². The number of benzene rings is 1. The van der Waals surface area contributed by atoms with Gasteiger partial charge in [0.25, 0.3) is 0 Å². The SMILES string of the molecule is CN(CC1CCOc2c(B3OC(C)(C)C(C)(C)O3)cccc21)C(=O)OC(C)(C)C. The van der Waals surface area contributed by atoms with Gasteiger partial charge < -0.3 is 23.7 Å². The highest BCUT2D eigenvalue weighted by atomic mass is 16.7. The van der Waals surface area contributed by atoms with E-state index in [-0.39, 0.29) is 12.0 Å². The Morgan fingerprint density at radius 3 is 2.41 bits per heavy atom. The van der Waals surface area contributed by atoms with Gasteiger partial charge in [0.15, 0.2) is 0 Å². The van der Waals surface area contributed by atoms with E-state index in [1.807, 2.05) is 60.6 Å². The zero-order valence-electron chi connectivity index (χ0n) is 19.0. The summed E-state index contributed by atoms with van der Waals surface area (Å²) in [7, 11) is 1.30. The summed E-state index contributed by atoms with van der Waals surface area (Å²) in [6.45, 7) is 15.0. The summed E-state index contributed by atoms with van der Waals surface area (Å²) in [5.41, 5.74) is 0.657. The molecule has 2 aliphatic heterocycles. The number of carbonyl (C=O) groups is 1. The van der Waals surface area contributed by atoms with Gasteiger partial charge in [-0.25, -0.2) is 4.79 Å². The molecular weight excluding hydrogens is 369 g/mol. The molecule has 1 aromatic carbocycles. The Kier molecular flexibility index (Phi) is 5.69. The first-order chi connectivity index (χ1) is 13.3. The lowest BCUT2D eigenvalue weighted by molar-refractivity contribution is 0.00578. The lowest BCUT2D eigenvalue weighted by Gasteiger charge is -2.32. The number of amides is 1. The number of likely N-dealkylation sites (N-methyl/N-ethyl adjacent to an activating group) is 1. The van der Waals surface area contributed by atoms with Crippen LogP contribution in [-0.4, -0.2) is 55.1 Å². The van der Waals surface area contributed by atoms with Crippen LogP contribution >= 0.6 is 0 Å². The predicted octanol–water partition coefficient (Wildman–Crippen LogP) is 3.72. The molecule has 2 aliphatic rings. The van der Waals surface area contributed by atoms with Crippen molar-refractivity contribution in [2.45, 2.75) is 77.6 Å². The molecule has 0 radical (unpaired) electrons. The highest BCUT2D eigenvalue weighted by Gasteiger charge is 2.52. The summed E-state index contributed by atoms with van der Waals surface area (Å²) in [6, 6.07) is 6.08. The summed E-state index contributed by atoms with van der Waals surface area (Å²) < 4.78 is 24.0. The van der Waals surface area contributed by atoms with Gasteiger partial charge in [0.2, 0.25) is 0 Å². The molecule has 1 atom stereocenters. The molecule has 160 valence electrons. The molecule has 0 saturated carbocycles. The third kappa shape index (κ3) is 4.56. The molecule has 2 heterocycles. The first kappa shape index (κ1) is 22.0. The van der Waals surface area contributed by atoms with Crippen LogP contribution in [0.25, 0.3) is 0 Å². The van der Waals surface area contributed by atoms with Crippen LogP contribution in [0.2, 0.25) is 0 Å². The summed E-state index contributed by atoms with van der Waals surface area (Å²) in [6.07, 6.45) is 0.528. The molecule has 6 nitrogen and oxygen atoms in total. The van der Waals surface area contributed by atoms with E-state index in [9.17, 15) is 4.79 Å². The van der Waals surface area contributed by atoms with Crippen molar-refractivity contribution in [1.82, 2.24) is 4.90 Å². The molecule has 7 heteroatoms. The van der Waals surface area contributed by atoms with Crippen LogP contribution in [0.1, 0.15) is 66.4 Å². The van der Waals surface area contributed by atoms with Crippen molar-refractivity contribution in [3.63, 3.8) is 0 Å². The largest absolute Gasteiger partial charge is 0.498 e. The molecule has 3 rings (SSSR count). The van der Waals surface area contributed by atoms with Crippen LogP contribution in [0, 0.1) is 0 Å². The Morgan fingerprint density at radius 1 is 1.21 bits per heavy atom. The molecule has 1 unspecified atom stereocenters. The second kappa shape index (κ2) is 7.51. The van der Waals surface area contributed by atoms with E-state index < -0.39 is 23.9 Å². The minimum atomic E-state index is -0.511. The minimum absolute atomic E-state index is 0.165. The van der Waals surface area contributed by atoms with Gasteiger partial charge in [-0.2, -0.15) is 0 Å². The van der Waals surface area contributed by atoms with Crippen molar-refractivity contribution >= 4 is 18.7 Å². The molecule has 0 bridgehead atoms. The van der Waals surface area contributed by atoms with Crippen molar-refractivity contribution in [3.05, 3.63) is 23.8 Å². The second-order valence-electron chi connectivity index (χ2n) is 10.0. The normalized spacial score (nSPS) is 22.6. The second-order valence-corrected chi connectivity index (χ2v) is 10.0. The molecule has 1 saturated heterocycles. The van der Waals surface area contributed by atoms with Gasteiger partial charge in [-0.1, -0.05) is 18.2 Å². The summed E-state index contributed by atoms with van der Waals surface area (Å²) in [5.74, 6) is 0.985. The maximum absolute atomic E-state index is 12.4. The number of nitrogens with zero attached hydrogens (tertiary/aromatic N) is 1. The lowest BCUT2D eigenvalue weighted by Crippen LogP contribution is -2.41. The number of hydrogen-bond donors (Lipinski definition) is 0. The highest BCUT2D eigenvalue weighted by molar-refractivity contribution is 6.63. The first-order valence-electron chi connectivity index (χ1n) is 10.4. The third-order valence-corrected chi connectivity index (χ3v) is 5.94. The van der Waals surface area contributed by atoms with Gasteiger partial charge in [-0.05, 0) is 60.5 Å². The first-order valence-corrected chi connectivity index (χ1v) is 10.4. The molecular formula is C22H34BNO5. The third-order valence-electron chi connectivity index (χ3n) is 5.94. The molecule has 0 spiro atoms. The average Bonchev–Trinajstić information content (AvgIpc) is 2.80. The van der Waals surface area contributed by atoms with Crippen LogP contribution < -0.4 is 10.2 Å². The zero-order chi connectivity index (χ0) is 21.6. The minimum Gasteiger partial charge on any atom is -0.494 e. The van der Waals surface area contributed by atoms with Gasteiger partial charge in [0, 0.05) is 25.0 Å². The molecule has 0 aliphatic carbocycles. The van der Waals surface area contributed by atoms with Crippen molar-refractivity contribution in [2.75, 3.05) is 20.2 Å². The molecule has 29 heavy (non-hydrogen) atoms. The van der Waals surface area contributed by atoms with Crippen molar-refractivity contribution < 1.29 is 23.6 Å². The van der Waals surface area contributed by atoms with Gasteiger partial charge in [0.05, 0.1) is 17.8 Å². The highest BCUT2D eigenvalue weighted by Crippen LogP contribution is 2.39. The van der Waals surface area contributed by atoms with Crippen molar-refractivity contribution in [2.24, 2.45) is 0 Å². The summed E-state index contributed by atoms with van der Waals surface area (Å²) >= 11 is 0. The fourth-order valence-corrected chi connectivity index (χ4v) is 3.61. The van der Waals surface area contributed by atoms with Gasteiger partial charge >= 0.3 is 13.2 Å². The molecule has 0 N–H and O–H groups in total. The number of hydrogen-bond acceptors (Lipinski definition) is 5. The number of carbonyl (C=O) groups excluding carboxylic acids is 1. The standard InChI is InChI=1S/C22H34BNO5/c1-20(2,3)27-19(25)24(8)14-15-12-13-26-18-16(15)10-9-11-17(18)23-28-21(4,5)22(6,7)29-23/h9-11,15H,12-14H2,1-8H3. The van der Waals surface area contributed by atoms with E-state index in [0.717, 1.165) is 23.2 Å². The molecule has 1 aromatic rings. The summed E-state index contributed by atoms with van der Waals surface area (Å²) in [4.78, 5) is 14.0. The lowest BCUT2D eigenvalue weighted by atomic mass is 9.75. The van der Waals surface area contributed by atoms with Crippen LogP contribution in [0.15, 0.2) is 18.2 Å². The van der Waals surface area contributed by atoms with E-state index in [2.05, 4.69) is 6.07 Å². The number of fused-ring (bicyclic) bond motifs is 1. The van der Waals surface area contributed by atoms with E-state index in [4.69, 9.17) is 18.8 Å². The molecule has 0 aromatic heterocycles. The molecule has 1 amide bonds. The van der Waals surface area contributed by atoms with Crippen LogP contribution in [-0.2, 0) is 14.0 Å². The van der Waals surface area contributed by atoms with Crippen molar-refractivity contribution in [1.29, 1.82) is 0 Å². The fraction of sp³-hybridized carbons (Fsp3) is 0.682. The Labute approximate surface area is 175 Å². The number of ether oxygens (including phenoxy) is 2. The van der Waals surface area contributed by atoms with E-state index in [1.165, 1.54) is 0 Å². The maximum Gasteiger partial charge on any atom is 0.498 e. The average molecular weight is 403 g/mol. The Hall–Kier alpha value is -1.73. The van der Waals surface area contributed by atoms with Gasteiger partial charge in [-0.15, -0.1) is 0 Å². The Morgan fingerprint density at radius 2 is 1.83 bits per heavy atom. The quantitative estimate of drug-likeness (QED) is 0.720. The smallest absolute Gasteiger partial charge is 0.494 e. The van der Waals surface area contributed by atoms with E-state index in [1.54, 1.807) is 11.9 Å². The van der Waals surface area contributed by atoms with Crippen molar-refractivity contribution in [3.8, 4) is 5.75 Å². The van der Waals surface area contributed by atoms with Crippen LogP contribution in [0.3, 0.4) is 0 Å². The van der Waals surface area contributed by atoms with E-state index in [0.29, 0.717) is 13.2 Å². The number of para-hydroxylation sites is 1. The monoisotopic (exact) mass is 403 g/mol. The Balaban J connectivity index is 1.81. The topological polar surface area (TPSA) is 57.2 Å². The Bertz CT molecular complexity index is 755. The van der Waals surface area contributed by atoms with Crippen LogP contribution in [0.5, 0.6) is 5.75 Å².